The van der Waals surface area contributed by atoms with Gasteiger partial charge in [-0.1, -0.05) is 55.3 Å². The number of hydrogen-bond donors (Lipinski definition) is 0. The third-order valence-corrected chi connectivity index (χ3v) is 7.86. The molecule has 0 saturated heterocycles. The van der Waals surface area contributed by atoms with E-state index in [1.807, 2.05) is 42.5 Å². The zero-order valence-corrected chi connectivity index (χ0v) is 21.7. The average Bonchev–Trinajstić information content (AvgIpc) is 3.46. The van der Waals surface area contributed by atoms with Crippen molar-refractivity contribution in [3.05, 3.63) is 94.8 Å². The Balaban J connectivity index is 1.41. The van der Waals surface area contributed by atoms with Gasteiger partial charge in [-0.05, 0) is 65.8 Å². The van der Waals surface area contributed by atoms with E-state index in [0.717, 1.165) is 29.5 Å². The number of amides is 1. The fourth-order valence-electron chi connectivity index (χ4n) is 5.93. The Hall–Kier alpha value is -3.87. The van der Waals surface area contributed by atoms with E-state index in [9.17, 15) is 14.0 Å². The predicted molar refractivity (Wildman–Crippen MR) is 141 cm³/mol. The van der Waals surface area contributed by atoms with Crippen LogP contribution in [0.25, 0.3) is 0 Å². The molecular formula is C31H32FNO5. The van der Waals surface area contributed by atoms with Gasteiger partial charge in [0.1, 0.15) is 5.82 Å². The van der Waals surface area contributed by atoms with Crippen molar-refractivity contribution in [2.45, 2.75) is 43.6 Å². The second-order valence-corrected chi connectivity index (χ2v) is 9.93. The first-order valence-corrected chi connectivity index (χ1v) is 13.0. The number of hydrogen-bond acceptors (Lipinski definition) is 5. The lowest BCUT2D eigenvalue weighted by molar-refractivity contribution is -0.157. The van der Waals surface area contributed by atoms with Gasteiger partial charge in [-0.3, -0.25) is 9.59 Å². The summed E-state index contributed by atoms with van der Waals surface area (Å²) in [4.78, 5) is 28.8. The van der Waals surface area contributed by atoms with Gasteiger partial charge in [-0.15, -0.1) is 0 Å². The summed E-state index contributed by atoms with van der Waals surface area (Å²) in [6.45, 7) is 0.0926. The average molecular weight is 518 g/mol. The van der Waals surface area contributed by atoms with Crippen LogP contribution in [0, 0.1) is 5.82 Å². The van der Waals surface area contributed by atoms with Crippen LogP contribution in [0.1, 0.15) is 54.0 Å². The third kappa shape index (κ3) is 4.73. The molecule has 1 atom stereocenters. The molecule has 0 spiro atoms. The van der Waals surface area contributed by atoms with E-state index in [1.54, 1.807) is 31.3 Å². The maximum atomic E-state index is 14.0. The Morgan fingerprint density at radius 3 is 2.34 bits per heavy atom. The maximum Gasteiger partial charge on any atom is 0.317 e. The van der Waals surface area contributed by atoms with Gasteiger partial charge in [0.05, 0.1) is 25.7 Å². The van der Waals surface area contributed by atoms with E-state index in [2.05, 4.69) is 0 Å². The molecule has 6 nitrogen and oxygen atoms in total. The van der Waals surface area contributed by atoms with Crippen LogP contribution >= 0.6 is 0 Å². The number of halogens is 1. The summed E-state index contributed by atoms with van der Waals surface area (Å²) in [5, 5.41) is 0. The lowest BCUT2D eigenvalue weighted by Crippen LogP contribution is -2.44. The minimum atomic E-state index is -0.917. The first kappa shape index (κ1) is 25.8. The Labute approximate surface area is 222 Å². The van der Waals surface area contributed by atoms with Gasteiger partial charge in [0.15, 0.2) is 18.1 Å². The van der Waals surface area contributed by atoms with E-state index in [0.29, 0.717) is 42.9 Å². The summed E-state index contributed by atoms with van der Waals surface area (Å²) in [5.41, 5.74) is 2.68. The number of ether oxygens (including phenoxy) is 3. The Morgan fingerprint density at radius 1 is 0.947 bits per heavy atom. The van der Waals surface area contributed by atoms with Crippen molar-refractivity contribution in [1.82, 2.24) is 4.90 Å². The van der Waals surface area contributed by atoms with Crippen molar-refractivity contribution >= 4 is 11.9 Å². The second-order valence-electron chi connectivity index (χ2n) is 9.93. The number of carbonyl (C=O) groups is 2. The van der Waals surface area contributed by atoms with Gasteiger partial charge in [0, 0.05) is 6.54 Å². The van der Waals surface area contributed by atoms with Crippen LogP contribution in [0.3, 0.4) is 0 Å². The van der Waals surface area contributed by atoms with Crippen LogP contribution < -0.4 is 9.47 Å². The van der Waals surface area contributed by atoms with Crippen LogP contribution in [0.5, 0.6) is 11.5 Å². The summed E-state index contributed by atoms with van der Waals surface area (Å²) >= 11 is 0. The number of rotatable bonds is 7. The molecule has 0 bridgehead atoms. The first-order chi connectivity index (χ1) is 18.5. The van der Waals surface area contributed by atoms with Gasteiger partial charge in [-0.2, -0.15) is 0 Å². The summed E-state index contributed by atoms with van der Waals surface area (Å²) < 4.78 is 30.8. The SMILES string of the molecule is COc1cc2c(cc1OC)[C@H](c1ccccc1)N(C(=O)COC(=O)C1(c3cccc(F)c3)CCCC1)CC2. The number of carbonyl (C=O) groups excluding carboxylic acids is 2. The van der Waals surface area contributed by atoms with Gasteiger partial charge < -0.3 is 19.1 Å². The summed E-state index contributed by atoms with van der Waals surface area (Å²) in [6, 6.07) is 19.5. The molecule has 0 aromatic heterocycles. The highest BCUT2D eigenvalue weighted by Gasteiger charge is 2.45. The molecule has 1 aliphatic heterocycles. The molecule has 198 valence electrons. The first-order valence-electron chi connectivity index (χ1n) is 13.0. The molecule has 0 N–H and O–H groups in total. The number of nitrogens with zero attached hydrogens (tertiary/aromatic N) is 1. The van der Waals surface area contributed by atoms with Crippen molar-refractivity contribution in [3.8, 4) is 11.5 Å². The number of methoxy groups -OCH3 is 2. The molecule has 2 aliphatic rings. The molecule has 1 heterocycles. The lowest BCUT2D eigenvalue weighted by Gasteiger charge is -2.38. The molecule has 1 saturated carbocycles. The topological polar surface area (TPSA) is 65.1 Å². The highest BCUT2D eigenvalue weighted by molar-refractivity contribution is 5.87. The van der Waals surface area contributed by atoms with Crippen LogP contribution in [-0.4, -0.2) is 44.1 Å². The number of benzene rings is 3. The third-order valence-electron chi connectivity index (χ3n) is 7.86. The fourth-order valence-corrected chi connectivity index (χ4v) is 5.93. The van der Waals surface area contributed by atoms with Crippen molar-refractivity contribution in [1.29, 1.82) is 0 Å². The number of esters is 1. The van der Waals surface area contributed by atoms with E-state index >= 15 is 0 Å². The summed E-state index contributed by atoms with van der Waals surface area (Å²) in [5.74, 6) is 0.105. The van der Waals surface area contributed by atoms with E-state index in [4.69, 9.17) is 14.2 Å². The van der Waals surface area contributed by atoms with Gasteiger partial charge >= 0.3 is 5.97 Å². The monoisotopic (exact) mass is 517 g/mol. The minimum absolute atomic E-state index is 0.278. The van der Waals surface area contributed by atoms with Crippen molar-refractivity contribution in [2.24, 2.45) is 0 Å². The Bertz CT molecular complexity index is 1320. The summed E-state index contributed by atoms with van der Waals surface area (Å²) in [7, 11) is 3.19. The highest BCUT2D eigenvalue weighted by Crippen LogP contribution is 2.43. The maximum absolute atomic E-state index is 14.0. The smallest absolute Gasteiger partial charge is 0.317 e. The second kappa shape index (κ2) is 10.9. The largest absolute Gasteiger partial charge is 0.493 e. The molecule has 3 aromatic rings. The predicted octanol–water partition coefficient (Wildman–Crippen LogP) is 5.37. The van der Waals surface area contributed by atoms with E-state index < -0.39 is 11.4 Å². The van der Waals surface area contributed by atoms with Gasteiger partial charge in [0.25, 0.3) is 5.91 Å². The highest BCUT2D eigenvalue weighted by atomic mass is 19.1. The van der Waals surface area contributed by atoms with Gasteiger partial charge in [0.2, 0.25) is 0 Å². The molecule has 0 unspecified atom stereocenters. The minimum Gasteiger partial charge on any atom is -0.493 e. The van der Waals surface area contributed by atoms with Crippen molar-refractivity contribution in [3.63, 3.8) is 0 Å². The fraction of sp³-hybridized carbons (Fsp3) is 0.355. The molecule has 3 aromatic carbocycles. The summed E-state index contributed by atoms with van der Waals surface area (Å²) in [6.07, 6.45) is 3.49. The molecule has 5 rings (SSSR count). The van der Waals surface area contributed by atoms with Crippen molar-refractivity contribution < 1.29 is 28.2 Å². The molecule has 1 aliphatic carbocycles. The van der Waals surface area contributed by atoms with E-state index in [1.165, 1.54) is 12.1 Å². The quantitative estimate of drug-likeness (QED) is 0.394. The van der Waals surface area contributed by atoms with Crippen LogP contribution in [-0.2, 0) is 26.2 Å². The normalized spacial score (nSPS) is 18.0. The zero-order chi connectivity index (χ0) is 26.7. The lowest BCUT2D eigenvalue weighted by atomic mass is 9.79. The van der Waals surface area contributed by atoms with Crippen LogP contribution in [0.2, 0.25) is 0 Å². The van der Waals surface area contributed by atoms with Gasteiger partial charge in [-0.25, -0.2) is 4.39 Å². The molecular weight excluding hydrogens is 485 g/mol. The Morgan fingerprint density at radius 2 is 1.66 bits per heavy atom. The Kier molecular flexibility index (Phi) is 7.36. The molecule has 1 fully saturated rings. The van der Waals surface area contributed by atoms with Crippen LogP contribution in [0.4, 0.5) is 4.39 Å². The number of fused-ring (bicyclic) bond motifs is 1. The molecule has 0 radical (unpaired) electrons. The molecule has 1 amide bonds. The van der Waals surface area contributed by atoms with Crippen molar-refractivity contribution in [2.75, 3.05) is 27.4 Å². The van der Waals surface area contributed by atoms with E-state index in [-0.39, 0.29) is 24.4 Å². The molecule has 7 heteroatoms. The molecule has 38 heavy (non-hydrogen) atoms. The van der Waals surface area contributed by atoms with Crippen LogP contribution in [0.15, 0.2) is 66.7 Å². The zero-order valence-electron chi connectivity index (χ0n) is 21.7. The standard InChI is InChI=1S/C31H32FNO5/c1-36-26-17-22-13-16-33(29(21-9-4-3-5-10-21)25(22)19-27(26)37-2)28(34)20-38-30(35)31(14-6-7-15-31)23-11-8-12-24(32)18-23/h3-5,8-12,17-19,29H,6-7,13-16,20H2,1-2H3/t29-/m0/s1.